The van der Waals surface area contributed by atoms with Crippen molar-refractivity contribution in [2.45, 2.75) is 44.8 Å². The van der Waals surface area contributed by atoms with Gasteiger partial charge in [0.2, 0.25) is 0 Å². The molecule has 0 aromatic rings. The molecular formula is C13H25NO4. The number of methoxy groups -OCH3 is 1. The molecule has 1 amide bonds. The summed E-state index contributed by atoms with van der Waals surface area (Å²) >= 11 is 0. The van der Waals surface area contributed by atoms with Crippen molar-refractivity contribution in [2.75, 3.05) is 33.5 Å². The number of carbonyl (C=O) groups excluding carboxylic acids is 1. The minimum absolute atomic E-state index is 0.0934. The molecule has 0 radical (unpaired) electrons. The van der Waals surface area contributed by atoms with E-state index in [4.69, 9.17) is 14.2 Å². The van der Waals surface area contributed by atoms with Crippen LogP contribution in [0.25, 0.3) is 0 Å². The molecule has 1 unspecified atom stereocenters. The summed E-state index contributed by atoms with van der Waals surface area (Å²) in [5.74, 6) is -0.0934. The first-order valence-electron chi connectivity index (χ1n) is 6.59. The second-order valence-corrected chi connectivity index (χ2v) is 5.03. The van der Waals surface area contributed by atoms with E-state index in [1.807, 2.05) is 0 Å². The van der Waals surface area contributed by atoms with Crippen LogP contribution in [0.4, 0.5) is 0 Å². The first-order chi connectivity index (χ1) is 8.56. The Bertz CT molecular complexity index is 249. The third-order valence-electron chi connectivity index (χ3n) is 3.14. The van der Waals surface area contributed by atoms with Crippen molar-refractivity contribution in [3.63, 3.8) is 0 Å². The van der Waals surface area contributed by atoms with Gasteiger partial charge in [-0.2, -0.15) is 0 Å². The first kappa shape index (κ1) is 15.4. The fraction of sp³-hybridized carbons (Fsp3) is 0.923. The van der Waals surface area contributed by atoms with Crippen molar-refractivity contribution in [1.29, 1.82) is 0 Å². The lowest BCUT2D eigenvalue weighted by atomic mass is 10.1. The monoisotopic (exact) mass is 259 g/mol. The maximum Gasteiger partial charge on any atom is 0.251 e. The number of hydrogen-bond donors (Lipinski definition) is 1. The van der Waals surface area contributed by atoms with Crippen molar-refractivity contribution >= 4 is 5.91 Å². The highest BCUT2D eigenvalue weighted by Crippen LogP contribution is 2.11. The Morgan fingerprint density at radius 2 is 2.28 bits per heavy atom. The van der Waals surface area contributed by atoms with Crippen LogP contribution in [0.2, 0.25) is 0 Å². The Morgan fingerprint density at radius 1 is 1.50 bits per heavy atom. The van der Waals surface area contributed by atoms with Gasteiger partial charge in [-0.3, -0.25) is 4.79 Å². The zero-order chi connectivity index (χ0) is 13.4. The summed E-state index contributed by atoms with van der Waals surface area (Å²) in [6.07, 6.45) is 3.31. The standard InChI is InChI=1S/C13H25NO4/c1-13(2,16-3)12(15)14-7-5-8-17-10-11-6-4-9-18-11/h11H,4-10H2,1-3H3,(H,14,15). The summed E-state index contributed by atoms with van der Waals surface area (Å²) in [7, 11) is 1.53. The summed E-state index contributed by atoms with van der Waals surface area (Å²) < 4.78 is 16.0. The minimum Gasteiger partial charge on any atom is -0.379 e. The van der Waals surface area contributed by atoms with E-state index in [1.54, 1.807) is 13.8 Å². The van der Waals surface area contributed by atoms with Crippen LogP contribution in [-0.4, -0.2) is 51.1 Å². The minimum atomic E-state index is -0.765. The smallest absolute Gasteiger partial charge is 0.251 e. The van der Waals surface area contributed by atoms with E-state index in [0.29, 0.717) is 19.8 Å². The lowest BCUT2D eigenvalue weighted by Crippen LogP contribution is -2.44. The van der Waals surface area contributed by atoms with Crippen molar-refractivity contribution in [2.24, 2.45) is 0 Å². The first-order valence-corrected chi connectivity index (χ1v) is 6.59. The van der Waals surface area contributed by atoms with Crippen LogP contribution < -0.4 is 5.32 Å². The molecule has 0 spiro atoms. The highest BCUT2D eigenvalue weighted by Gasteiger charge is 2.26. The molecule has 1 heterocycles. The molecule has 0 aromatic heterocycles. The fourth-order valence-corrected chi connectivity index (χ4v) is 1.67. The second-order valence-electron chi connectivity index (χ2n) is 5.03. The molecule has 0 saturated carbocycles. The Balaban J connectivity index is 1.96. The van der Waals surface area contributed by atoms with Gasteiger partial charge in [0.15, 0.2) is 0 Å². The highest BCUT2D eigenvalue weighted by atomic mass is 16.5. The number of rotatable bonds is 8. The number of ether oxygens (including phenoxy) is 3. The molecule has 1 N–H and O–H groups in total. The number of carbonyl (C=O) groups is 1. The summed E-state index contributed by atoms with van der Waals surface area (Å²) in [4.78, 5) is 11.6. The van der Waals surface area contributed by atoms with Crippen LogP contribution in [0.3, 0.4) is 0 Å². The fourth-order valence-electron chi connectivity index (χ4n) is 1.67. The molecule has 1 atom stereocenters. The van der Waals surface area contributed by atoms with Crippen LogP contribution in [0.5, 0.6) is 0 Å². The van der Waals surface area contributed by atoms with Gasteiger partial charge in [0.1, 0.15) is 5.60 Å². The zero-order valence-electron chi connectivity index (χ0n) is 11.7. The van der Waals surface area contributed by atoms with Crippen molar-refractivity contribution in [3.05, 3.63) is 0 Å². The largest absolute Gasteiger partial charge is 0.379 e. The SMILES string of the molecule is COC(C)(C)C(=O)NCCCOCC1CCCO1. The summed E-state index contributed by atoms with van der Waals surface area (Å²) in [6.45, 7) is 6.27. The normalized spacial score (nSPS) is 20.1. The molecule has 5 heteroatoms. The van der Waals surface area contributed by atoms with Crippen molar-refractivity contribution in [3.8, 4) is 0 Å². The third-order valence-corrected chi connectivity index (χ3v) is 3.14. The van der Waals surface area contributed by atoms with Gasteiger partial charge in [-0.05, 0) is 33.1 Å². The molecule has 18 heavy (non-hydrogen) atoms. The van der Waals surface area contributed by atoms with Gasteiger partial charge in [0, 0.05) is 26.9 Å². The van der Waals surface area contributed by atoms with E-state index in [1.165, 1.54) is 7.11 Å². The Hall–Kier alpha value is -0.650. The van der Waals surface area contributed by atoms with Gasteiger partial charge in [-0.15, -0.1) is 0 Å². The number of nitrogens with one attached hydrogen (secondary N) is 1. The van der Waals surface area contributed by atoms with E-state index in [-0.39, 0.29) is 12.0 Å². The summed E-state index contributed by atoms with van der Waals surface area (Å²) in [5.41, 5.74) is -0.765. The maximum absolute atomic E-state index is 11.6. The Morgan fingerprint density at radius 3 is 2.89 bits per heavy atom. The van der Waals surface area contributed by atoms with Gasteiger partial charge in [0.05, 0.1) is 12.7 Å². The van der Waals surface area contributed by atoms with Crippen LogP contribution in [-0.2, 0) is 19.0 Å². The molecule has 1 aliphatic heterocycles. The van der Waals surface area contributed by atoms with Gasteiger partial charge in [0.25, 0.3) is 5.91 Å². The average molecular weight is 259 g/mol. The summed E-state index contributed by atoms with van der Waals surface area (Å²) in [6, 6.07) is 0. The van der Waals surface area contributed by atoms with Crippen LogP contribution in [0.15, 0.2) is 0 Å². The molecule has 0 aliphatic carbocycles. The topological polar surface area (TPSA) is 56.8 Å². The van der Waals surface area contributed by atoms with E-state index in [9.17, 15) is 4.79 Å². The van der Waals surface area contributed by atoms with E-state index in [0.717, 1.165) is 25.9 Å². The quantitative estimate of drug-likeness (QED) is 0.664. The molecule has 1 fully saturated rings. The van der Waals surface area contributed by atoms with Crippen LogP contribution in [0, 0.1) is 0 Å². The van der Waals surface area contributed by atoms with E-state index < -0.39 is 5.60 Å². The predicted octanol–water partition coefficient (Wildman–Crippen LogP) is 1.11. The van der Waals surface area contributed by atoms with Gasteiger partial charge in [-0.1, -0.05) is 0 Å². The molecule has 1 saturated heterocycles. The molecule has 0 aromatic carbocycles. The van der Waals surface area contributed by atoms with Crippen LogP contribution >= 0.6 is 0 Å². The molecule has 1 rings (SSSR count). The molecule has 1 aliphatic rings. The maximum atomic E-state index is 11.6. The van der Waals surface area contributed by atoms with Crippen LogP contribution in [0.1, 0.15) is 33.1 Å². The van der Waals surface area contributed by atoms with E-state index >= 15 is 0 Å². The zero-order valence-corrected chi connectivity index (χ0v) is 11.7. The Kier molecular flexibility index (Phi) is 6.60. The van der Waals surface area contributed by atoms with Gasteiger partial charge in [-0.25, -0.2) is 0 Å². The Labute approximate surface area is 109 Å². The lowest BCUT2D eigenvalue weighted by Gasteiger charge is -2.21. The molecular weight excluding hydrogens is 234 g/mol. The molecule has 5 nitrogen and oxygen atoms in total. The highest BCUT2D eigenvalue weighted by molar-refractivity contribution is 5.84. The summed E-state index contributed by atoms with van der Waals surface area (Å²) in [5, 5.41) is 2.83. The average Bonchev–Trinajstić information content (AvgIpc) is 2.86. The number of hydrogen-bond acceptors (Lipinski definition) is 4. The second kappa shape index (κ2) is 7.71. The number of amides is 1. The van der Waals surface area contributed by atoms with E-state index in [2.05, 4.69) is 5.32 Å². The molecule has 0 bridgehead atoms. The van der Waals surface area contributed by atoms with Gasteiger partial charge >= 0.3 is 0 Å². The third kappa shape index (κ3) is 5.33. The lowest BCUT2D eigenvalue weighted by molar-refractivity contribution is -0.139. The predicted molar refractivity (Wildman–Crippen MR) is 68.5 cm³/mol. The van der Waals surface area contributed by atoms with Crippen molar-refractivity contribution < 1.29 is 19.0 Å². The molecule has 106 valence electrons. The van der Waals surface area contributed by atoms with Gasteiger partial charge < -0.3 is 19.5 Å². The van der Waals surface area contributed by atoms with Crippen molar-refractivity contribution in [1.82, 2.24) is 5.32 Å².